The lowest BCUT2D eigenvalue weighted by molar-refractivity contribution is -0.0684. The number of hydrogen-bond donors (Lipinski definition) is 1. The van der Waals surface area contributed by atoms with Crippen molar-refractivity contribution in [1.82, 2.24) is 5.32 Å². The minimum atomic E-state index is 0.193. The molecule has 3 heteroatoms. The van der Waals surface area contributed by atoms with Crippen molar-refractivity contribution in [3.8, 4) is 0 Å². The second-order valence-corrected chi connectivity index (χ2v) is 2.53. The zero-order valence-corrected chi connectivity index (χ0v) is 6.59. The Kier molecular flexibility index (Phi) is 3.12. The van der Waals surface area contributed by atoms with E-state index in [0.717, 1.165) is 19.4 Å². The average Bonchev–Trinajstić information content (AvgIpc) is 2.05. The number of hydrogen-bond acceptors (Lipinski definition) is 3. The Morgan fingerprint density at radius 2 is 2.40 bits per heavy atom. The quantitative estimate of drug-likeness (QED) is 0.608. The number of rotatable bonds is 2. The first-order valence-electron chi connectivity index (χ1n) is 3.68. The molecule has 0 aromatic heterocycles. The molecule has 1 heterocycles. The molecule has 0 aromatic rings. The summed E-state index contributed by atoms with van der Waals surface area (Å²) in [6.07, 6.45) is 2.56. The van der Waals surface area contributed by atoms with Gasteiger partial charge in [-0.3, -0.25) is 5.32 Å². The molecule has 1 fully saturated rings. The molecule has 0 bridgehead atoms. The summed E-state index contributed by atoms with van der Waals surface area (Å²) in [7, 11) is 3.66. The smallest absolute Gasteiger partial charge is 0.110 e. The van der Waals surface area contributed by atoms with Gasteiger partial charge in [-0.1, -0.05) is 0 Å². The highest BCUT2D eigenvalue weighted by Crippen LogP contribution is 2.13. The summed E-state index contributed by atoms with van der Waals surface area (Å²) in [5.74, 6) is 0. The SMILES string of the molecule is CNC1CC(OC)CCO1. The van der Waals surface area contributed by atoms with Gasteiger partial charge in [0.1, 0.15) is 6.23 Å². The standard InChI is InChI=1S/C7H15NO2/c1-8-7-5-6(9-2)3-4-10-7/h6-8H,3-5H2,1-2H3. The Labute approximate surface area is 61.7 Å². The van der Waals surface area contributed by atoms with E-state index in [2.05, 4.69) is 5.32 Å². The highest BCUT2D eigenvalue weighted by atomic mass is 16.5. The Morgan fingerprint density at radius 3 is 3.00 bits per heavy atom. The van der Waals surface area contributed by atoms with E-state index in [9.17, 15) is 0 Å². The van der Waals surface area contributed by atoms with Crippen molar-refractivity contribution in [3.05, 3.63) is 0 Å². The van der Waals surface area contributed by atoms with E-state index in [0.29, 0.717) is 6.10 Å². The fraction of sp³-hybridized carbons (Fsp3) is 1.00. The van der Waals surface area contributed by atoms with E-state index < -0.39 is 0 Å². The minimum Gasteiger partial charge on any atom is -0.381 e. The summed E-state index contributed by atoms with van der Waals surface area (Å²) < 4.78 is 10.6. The number of methoxy groups -OCH3 is 1. The van der Waals surface area contributed by atoms with Crippen molar-refractivity contribution in [2.45, 2.75) is 25.2 Å². The molecule has 2 atom stereocenters. The monoisotopic (exact) mass is 145 g/mol. The molecule has 3 nitrogen and oxygen atoms in total. The van der Waals surface area contributed by atoms with E-state index in [-0.39, 0.29) is 6.23 Å². The van der Waals surface area contributed by atoms with Crippen LogP contribution in [0.1, 0.15) is 12.8 Å². The van der Waals surface area contributed by atoms with Crippen LogP contribution in [-0.2, 0) is 9.47 Å². The largest absolute Gasteiger partial charge is 0.381 e. The lowest BCUT2D eigenvalue weighted by atomic mass is 10.1. The summed E-state index contributed by atoms with van der Waals surface area (Å²) >= 11 is 0. The molecule has 0 aliphatic carbocycles. The van der Waals surface area contributed by atoms with Gasteiger partial charge in [0, 0.05) is 13.5 Å². The first kappa shape index (κ1) is 7.98. The second kappa shape index (κ2) is 3.91. The average molecular weight is 145 g/mol. The van der Waals surface area contributed by atoms with E-state index in [1.807, 2.05) is 7.05 Å². The van der Waals surface area contributed by atoms with Crippen LogP contribution in [0.5, 0.6) is 0 Å². The van der Waals surface area contributed by atoms with Crippen LogP contribution in [0.3, 0.4) is 0 Å². The van der Waals surface area contributed by atoms with Gasteiger partial charge in [0.2, 0.25) is 0 Å². The molecule has 0 saturated carbocycles. The topological polar surface area (TPSA) is 30.5 Å². The maximum absolute atomic E-state index is 5.37. The Bertz CT molecular complexity index is 87.6. The number of ether oxygens (including phenoxy) is 2. The molecule has 1 saturated heterocycles. The molecule has 10 heavy (non-hydrogen) atoms. The highest BCUT2D eigenvalue weighted by molar-refractivity contribution is 4.68. The highest BCUT2D eigenvalue weighted by Gasteiger charge is 2.20. The van der Waals surface area contributed by atoms with Gasteiger partial charge in [-0.05, 0) is 13.5 Å². The van der Waals surface area contributed by atoms with Crippen LogP contribution in [0, 0.1) is 0 Å². The molecule has 1 aliphatic heterocycles. The van der Waals surface area contributed by atoms with Crippen molar-refractivity contribution in [3.63, 3.8) is 0 Å². The van der Waals surface area contributed by atoms with Crippen LogP contribution < -0.4 is 5.32 Å². The molecule has 1 rings (SSSR count). The number of nitrogens with one attached hydrogen (secondary N) is 1. The second-order valence-electron chi connectivity index (χ2n) is 2.53. The lowest BCUT2D eigenvalue weighted by Crippen LogP contribution is -2.38. The molecular formula is C7H15NO2. The molecule has 1 aliphatic rings. The predicted octanol–water partition coefficient (Wildman–Crippen LogP) is 0.357. The van der Waals surface area contributed by atoms with Gasteiger partial charge >= 0.3 is 0 Å². The third-order valence-corrected chi connectivity index (χ3v) is 1.89. The van der Waals surface area contributed by atoms with Crippen molar-refractivity contribution < 1.29 is 9.47 Å². The fourth-order valence-corrected chi connectivity index (χ4v) is 1.18. The summed E-state index contributed by atoms with van der Waals surface area (Å²) in [6.45, 7) is 0.810. The van der Waals surface area contributed by atoms with Gasteiger partial charge in [0.25, 0.3) is 0 Å². The molecule has 0 radical (unpaired) electrons. The minimum absolute atomic E-state index is 0.193. The molecule has 60 valence electrons. The van der Waals surface area contributed by atoms with Crippen LogP contribution in [0.4, 0.5) is 0 Å². The van der Waals surface area contributed by atoms with Gasteiger partial charge in [-0.2, -0.15) is 0 Å². The van der Waals surface area contributed by atoms with Crippen LogP contribution >= 0.6 is 0 Å². The summed E-state index contributed by atoms with van der Waals surface area (Å²) in [4.78, 5) is 0. The molecule has 0 spiro atoms. The van der Waals surface area contributed by atoms with E-state index >= 15 is 0 Å². The summed E-state index contributed by atoms with van der Waals surface area (Å²) in [5.41, 5.74) is 0. The van der Waals surface area contributed by atoms with Crippen molar-refractivity contribution in [2.75, 3.05) is 20.8 Å². The molecule has 0 amide bonds. The normalized spacial score (nSPS) is 34.2. The summed E-state index contributed by atoms with van der Waals surface area (Å²) in [6, 6.07) is 0. The van der Waals surface area contributed by atoms with Crippen LogP contribution in [0.2, 0.25) is 0 Å². The molecule has 1 N–H and O–H groups in total. The Balaban J connectivity index is 2.25. The van der Waals surface area contributed by atoms with E-state index in [1.165, 1.54) is 0 Å². The maximum Gasteiger partial charge on any atom is 0.110 e. The first-order valence-corrected chi connectivity index (χ1v) is 3.68. The molecule has 2 unspecified atom stereocenters. The Morgan fingerprint density at radius 1 is 1.60 bits per heavy atom. The van der Waals surface area contributed by atoms with Gasteiger partial charge in [0.15, 0.2) is 0 Å². The van der Waals surface area contributed by atoms with Crippen molar-refractivity contribution >= 4 is 0 Å². The zero-order valence-electron chi connectivity index (χ0n) is 6.59. The van der Waals surface area contributed by atoms with Crippen LogP contribution in [0.25, 0.3) is 0 Å². The zero-order chi connectivity index (χ0) is 7.40. The van der Waals surface area contributed by atoms with Crippen LogP contribution in [0.15, 0.2) is 0 Å². The van der Waals surface area contributed by atoms with Gasteiger partial charge in [-0.25, -0.2) is 0 Å². The maximum atomic E-state index is 5.37. The van der Waals surface area contributed by atoms with E-state index in [1.54, 1.807) is 7.11 Å². The van der Waals surface area contributed by atoms with Crippen molar-refractivity contribution in [1.29, 1.82) is 0 Å². The lowest BCUT2D eigenvalue weighted by Gasteiger charge is -2.27. The first-order chi connectivity index (χ1) is 4.86. The van der Waals surface area contributed by atoms with Gasteiger partial charge < -0.3 is 9.47 Å². The summed E-state index contributed by atoms with van der Waals surface area (Å²) in [5, 5.41) is 3.07. The fourth-order valence-electron chi connectivity index (χ4n) is 1.18. The van der Waals surface area contributed by atoms with Crippen LogP contribution in [-0.4, -0.2) is 33.1 Å². The van der Waals surface area contributed by atoms with Crippen molar-refractivity contribution in [2.24, 2.45) is 0 Å². The Hall–Kier alpha value is -0.120. The molecule has 0 aromatic carbocycles. The van der Waals surface area contributed by atoms with Gasteiger partial charge in [-0.15, -0.1) is 0 Å². The third kappa shape index (κ3) is 1.94. The van der Waals surface area contributed by atoms with Gasteiger partial charge in [0.05, 0.1) is 12.7 Å². The van der Waals surface area contributed by atoms with E-state index in [4.69, 9.17) is 9.47 Å². The molecular weight excluding hydrogens is 130 g/mol. The predicted molar refractivity (Wildman–Crippen MR) is 38.8 cm³/mol. The third-order valence-electron chi connectivity index (χ3n) is 1.89.